The van der Waals surface area contributed by atoms with Crippen LogP contribution in [-0.2, 0) is 10.2 Å². The highest BCUT2D eigenvalue weighted by Crippen LogP contribution is 2.33. The lowest BCUT2D eigenvalue weighted by Gasteiger charge is -2.33. The molecule has 1 aromatic carbocycles. The van der Waals surface area contributed by atoms with E-state index in [0.29, 0.717) is 0 Å². The van der Waals surface area contributed by atoms with Crippen molar-refractivity contribution in [1.29, 1.82) is 0 Å². The predicted octanol–water partition coefficient (Wildman–Crippen LogP) is 1.44. The van der Waals surface area contributed by atoms with E-state index in [1.807, 2.05) is 57.1 Å². The molecule has 0 aromatic heterocycles. The van der Waals surface area contributed by atoms with Crippen LogP contribution in [0.5, 0.6) is 0 Å². The van der Waals surface area contributed by atoms with Crippen molar-refractivity contribution >= 4 is 11.7 Å². The monoisotopic (exact) mass is 236 g/mol. The fourth-order valence-corrected chi connectivity index (χ4v) is 1.88. The minimum atomic E-state index is -0.983. The van der Waals surface area contributed by atoms with Crippen LogP contribution in [0.25, 0.3) is 0 Å². The zero-order valence-corrected chi connectivity index (χ0v) is 10.8. The number of hydrogen-bond donors (Lipinski definition) is 2. The maximum absolute atomic E-state index is 11.1. The van der Waals surface area contributed by atoms with Gasteiger partial charge in [0.1, 0.15) is 6.04 Å². The third-order valence-electron chi connectivity index (χ3n) is 3.12. The average Bonchev–Trinajstić information content (AvgIpc) is 2.27. The van der Waals surface area contributed by atoms with Crippen LogP contribution >= 0.6 is 0 Å². The number of aliphatic carboxylic acids is 1. The minimum absolute atomic E-state index is 0.618. The predicted molar refractivity (Wildman–Crippen MR) is 69.4 cm³/mol. The Morgan fingerprint density at radius 2 is 1.88 bits per heavy atom. The zero-order chi connectivity index (χ0) is 13.2. The van der Waals surface area contributed by atoms with Gasteiger partial charge in [0.05, 0.1) is 0 Å². The average molecular weight is 236 g/mol. The third kappa shape index (κ3) is 2.58. The van der Waals surface area contributed by atoms with Gasteiger partial charge in [-0.05, 0) is 11.6 Å². The number of rotatable bonds is 4. The molecule has 0 heterocycles. The van der Waals surface area contributed by atoms with E-state index < -0.39 is 17.4 Å². The molecule has 0 fully saturated rings. The quantitative estimate of drug-likeness (QED) is 0.830. The van der Waals surface area contributed by atoms with Gasteiger partial charge < -0.3 is 15.7 Å². The maximum atomic E-state index is 11.1. The molecule has 17 heavy (non-hydrogen) atoms. The molecule has 0 amide bonds. The first-order chi connectivity index (χ1) is 7.78. The molecule has 1 rings (SSSR count). The number of carboxylic acids is 1. The number of benzene rings is 1. The van der Waals surface area contributed by atoms with Crippen molar-refractivity contribution < 1.29 is 9.90 Å². The highest BCUT2D eigenvalue weighted by Gasteiger charge is 2.35. The van der Waals surface area contributed by atoms with Crippen molar-refractivity contribution in [2.75, 3.05) is 19.0 Å². The Bertz CT molecular complexity index is 414. The van der Waals surface area contributed by atoms with Crippen LogP contribution in [0.3, 0.4) is 0 Å². The number of nitrogens with two attached hydrogens (primary N) is 1. The molecule has 0 bridgehead atoms. The van der Waals surface area contributed by atoms with Crippen molar-refractivity contribution in [2.45, 2.75) is 25.3 Å². The number of carboxylic acid groups (broad SMARTS) is 1. The molecule has 0 radical (unpaired) electrons. The van der Waals surface area contributed by atoms with Gasteiger partial charge in [-0.1, -0.05) is 32.0 Å². The number of carbonyl (C=O) groups is 1. The summed E-state index contributed by atoms with van der Waals surface area (Å²) in [6.07, 6.45) is 0. The van der Waals surface area contributed by atoms with E-state index in [-0.39, 0.29) is 0 Å². The normalized spacial score (nSPS) is 13.2. The van der Waals surface area contributed by atoms with Crippen LogP contribution in [0.1, 0.15) is 19.4 Å². The van der Waals surface area contributed by atoms with Crippen molar-refractivity contribution in [3.8, 4) is 0 Å². The van der Waals surface area contributed by atoms with Crippen molar-refractivity contribution in [3.63, 3.8) is 0 Å². The molecule has 0 aliphatic heterocycles. The van der Waals surface area contributed by atoms with E-state index in [4.69, 9.17) is 10.8 Å². The maximum Gasteiger partial charge on any atom is 0.321 e. The number of nitrogens with zero attached hydrogens (tertiary/aromatic N) is 1. The van der Waals surface area contributed by atoms with Gasteiger partial charge in [0.25, 0.3) is 0 Å². The van der Waals surface area contributed by atoms with Crippen LogP contribution in [0.4, 0.5) is 5.69 Å². The van der Waals surface area contributed by atoms with Crippen LogP contribution < -0.4 is 10.6 Å². The van der Waals surface area contributed by atoms with Gasteiger partial charge in [-0.3, -0.25) is 4.79 Å². The van der Waals surface area contributed by atoms with Crippen LogP contribution in [0.15, 0.2) is 24.3 Å². The van der Waals surface area contributed by atoms with E-state index in [1.54, 1.807) is 0 Å². The summed E-state index contributed by atoms with van der Waals surface area (Å²) < 4.78 is 0. The Morgan fingerprint density at radius 1 is 1.35 bits per heavy atom. The SMILES string of the molecule is CN(C)c1ccccc1C(C)(C)C(N)C(=O)O. The van der Waals surface area contributed by atoms with E-state index in [2.05, 4.69) is 0 Å². The van der Waals surface area contributed by atoms with Crippen LogP contribution in [0.2, 0.25) is 0 Å². The third-order valence-corrected chi connectivity index (χ3v) is 3.12. The highest BCUT2D eigenvalue weighted by atomic mass is 16.4. The number of para-hydroxylation sites is 1. The second-order valence-corrected chi connectivity index (χ2v) is 4.95. The van der Waals surface area contributed by atoms with E-state index in [9.17, 15) is 4.79 Å². The highest BCUT2D eigenvalue weighted by molar-refractivity contribution is 5.76. The molecule has 0 saturated carbocycles. The molecule has 94 valence electrons. The number of hydrogen-bond acceptors (Lipinski definition) is 3. The first kappa shape index (κ1) is 13.5. The molecule has 4 nitrogen and oxygen atoms in total. The summed E-state index contributed by atoms with van der Waals surface area (Å²) in [7, 11) is 3.86. The Kier molecular flexibility index (Phi) is 3.78. The summed E-state index contributed by atoms with van der Waals surface area (Å²) >= 11 is 0. The molecule has 0 aliphatic carbocycles. The van der Waals surface area contributed by atoms with Gasteiger partial charge in [-0.15, -0.1) is 0 Å². The van der Waals surface area contributed by atoms with Crippen LogP contribution in [-0.4, -0.2) is 31.2 Å². The Morgan fingerprint density at radius 3 is 2.35 bits per heavy atom. The Hall–Kier alpha value is -1.55. The van der Waals surface area contributed by atoms with Gasteiger partial charge in [0.15, 0.2) is 0 Å². The number of anilines is 1. The van der Waals surface area contributed by atoms with Crippen molar-refractivity contribution in [3.05, 3.63) is 29.8 Å². The first-order valence-corrected chi connectivity index (χ1v) is 5.53. The second-order valence-electron chi connectivity index (χ2n) is 4.95. The lowest BCUT2D eigenvalue weighted by Crippen LogP contribution is -2.47. The largest absolute Gasteiger partial charge is 0.480 e. The fraction of sp³-hybridized carbons (Fsp3) is 0.462. The summed E-state index contributed by atoms with van der Waals surface area (Å²) in [4.78, 5) is 13.0. The topological polar surface area (TPSA) is 66.6 Å². The smallest absolute Gasteiger partial charge is 0.321 e. The van der Waals surface area contributed by atoms with Gasteiger partial charge in [-0.2, -0.15) is 0 Å². The van der Waals surface area contributed by atoms with Crippen molar-refractivity contribution in [1.82, 2.24) is 0 Å². The van der Waals surface area contributed by atoms with Gasteiger partial charge in [-0.25, -0.2) is 0 Å². The zero-order valence-electron chi connectivity index (χ0n) is 10.8. The molecular weight excluding hydrogens is 216 g/mol. The van der Waals surface area contributed by atoms with Crippen molar-refractivity contribution in [2.24, 2.45) is 5.73 Å². The molecule has 1 atom stereocenters. The second kappa shape index (κ2) is 4.75. The first-order valence-electron chi connectivity index (χ1n) is 5.53. The molecule has 0 aliphatic rings. The lowest BCUT2D eigenvalue weighted by atomic mass is 9.77. The lowest BCUT2D eigenvalue weighted by molar-refractivity contribution is -0.140. The molecule has 0 spiro atoms. The standard InChI is InChI=1S/C13H20N2O2/c1-13(2,11(14)12(16)17)9-7-5-6-8-10(9)15(3)4/h5-8,11H,14H2,1-4H3,(H,16,17). The Labute approximate surface area is 102 Å². The van der Waals surface area contributed by atoms with Gasteiger partial charge in [0.2, 0.25) is 0 Å². The fourth-order valence-electron chi connectivity index (χ4n) is 1.88. The summed E-state index contributed by atoms with van der Waals surface area (Å²) in [5.74, 6) is -0.983. The summed E-state index contributed by atoms with van der Waals surface area (Å²) in [6.45, 7) is 3.71. The summed E-state index contributed by atoms with van der Waals surface area (Å²) in [5, 5.41) is 9.07. The van der Waals surface area contributed by atoms with E-state index >= 15 is 0 Å². The molecule has 4 heteroatoms. The van der Waals surface area contributed by atoms with E-state index in [0.717, 1.165) is 11.3 Å². The molecule has 3 N–H and O–H groups in total. The van der Waals surface area contributed by atoms with Crippen LogP contribution in [0, 0.1) is 0 Å². The minimum Gasteiger partial charge on any atom is -0.480 e. The summed E-state index contributed by atoms with van der Waals surface area (Å²) in [6, 6.07) is 6.80. The van der Waals surface area contributed by atoms with E-state index in [1.165, 1.54) is 0 Å². The molecule has 1 aromatic rings. The summed E-state index contributed by atoms with van der Waals surface area (Å²) in [5.41, 5.74) is 7.10. The van der Waals surface area contributed by atoms with Gasteiger partial charge in [0, 0.05) is 25.2 Å². The molecule has 1 unspecified atom stereocenters. The van der Waals surface area contributed by atoms with Gasteiger partial charge >= 0.3 is 5.97 Å². The molecular formula is C13H20N2O2. The molecule has 0 saturated heterocycles. The Balaban J connectivity index is 3.27.